The molecule has 1 aromatic rings. The van der Waals surface area contributed by atoms with Crippen LogP contribution in [-0.2, 0) is 11.2 Å². The zero-order valence-electron chi connectivity index (χ0n) is 11.7. The fourth-order valence-electron chi connectivity index (χ4n) is 1.90. The summed E-state index contributed by atoms with van der Waals surface area (Å²) in [7, 11) is 0. The van der Waals surface area contributed by atoms with Crippen molar-refractivity contribution in [2.24, 2.45) is 0 Å². The maximum Gasteiger partial charge on any atom is 0.273 e. The summed E-state index contributed by atoms with van der Waals surface area (Å²) < 4.78 is 0. The molecule has 1 aliphatic carbocycles. The number of anilines is 1. The van der Waals surface area contributed by atoms with E-state index in [1.165, 1.54) is 0 Å². The number of hydrogen-bond acceptors (Lipinski definition) is 4. The SMILES string of the molecule is CCCc1[nH]nc(C(=O)NCCC(=O)NC2CC2)c1N. The van der Waals surface area contributed by atoms with Gasteiger partial charge in [0.1, 0.15) is 0 Å². The molecule has 1 aliphatic rings. The second-order valence-electron chi connectivity index (χ2n) is 5.06. The molecule has 0 radical (unpaired) electrons. The maximum atomic E-state index is 11.9. The van der Waals surface area contributed by atoms with Crippen LogP contribution in [0.15, 0.2) is 0 Å². The molecule has 1 saturated carbocycles. The Balaban J connectivity index is 1.77. The molecule has 2 amide bonds. The number of nitrogen functional groups attached to an aromatic ring is 1. The Morgan fingerprint density at radius 3 is 2.85 bits per heavy atom. The predicted octanol–water partition coefficient (Wildman–Crippen LogP) is 0.343. The van der Waals surface area contributed by atoms with Crippen LogP contribution in [0.2, 0.25) is 0 Å². The van der Waals surface area contributed by atoms with E-state index in [2.05, 4.69) is 20.8 Å². The van der Waals surface area contributed by atoms with Crippen LogP contribution in [0.4, 0.5) is 5.69 Å². The lowest BCUT2D eigenvalue weighted by atomic mass is 10.2. The Bertz CT molecular complexity index is 493. The largest absolute Gasteiger partial charge is 0.395 e. The number of aryl methyl sites for hydroxylation is 1. The molecule has 20 heavy (non-hydrogen) atoms. The monoisotopic (exact) mass is 279 g/mol. The molecule has 0 atom stereocenters. The molecule has 0 saturated heterocycles. The van der Waals surface area contributed by atoms with E-state index in [1.807, 2.05) is 6.92 Å². The van der Waals surface area contributed by atoms with E-state index in [0.717, 1.165) is 31.4 Å². The van der Waals surface area contributed by atoms with E-state index >= 15 is 0 Å². The standard InChI is InChI=1S/C13H21N5O2/c1-2-3-9-11(14)12(18-17-9)13(20)15-7-6-10(19)16-8-4-5-8/h8H,2-7,14H2,1H3,(H,15,20)(H,16,19)(H,17,18). The number of amides is 2. The van der Waals surface area contributed by atoms with Crippen molar-refractivity contribution in [2.45, 2.75) is 45.1 Å². The van der Waals surface area contributed by atoms with E-state index in [1.54, 1.807) is 0 Å². The minimum absolute atomic E-state index is 0.0329. The number of carbonyl (C=O) groups excluding carboxylic acids is 2. The lowest BCUT2D eigenvalue weighted by Gasteiger charge is -2.05. The lowest BCUT2D eigenvalue weighted by molar-refractivity contribution is -0.121. The van der Waals surface area contributed by atoms with Crippen LogP contribution in [-0.4, -0.2) is 34.6 Å². The molecule has 0 bridgehead atoms. The highest BCUT2D eigenvalue weighted by molar-refractivity contribution is 5.97. The van der Waals surface area contributed by atoms with Crippen LogP contribution in [0.25, 0.3) is 0 Å². The topological polar surface area (TPSA) is 113 Å². The smallest absolute Gasteiger partial charge is 0.273 e. The molecular formula is C13H21N5O2. The number of nitrogens with zero attached hydrogens (tertiary/aromatic N) is 1. The van der Waals surface area contributed by atoms with Crippen LogP contribution in [0, 0.1) is 0 Å². The van der Waals surface area contributed by atoms with Crippen LogP contribution >= 0.6 is 0 Å². The summed E-state index contributed by atoms with van der Waals surface area (Å²) in [6, 6.07) is 0.344. The Kier molecular flexibility index (Phi) is 4.60. The molecule has 7 nitrogen and oxygen atoms in total. The molecule has 2 rings (SSSR count). The van der Waals surface area contributed by atoms with Gasteiger partial charge >= 0.3 is 0 Å². The van der Waals surface area contributed by atoms with Gasteiger partial charge in [0.25, 0.3) is 5.91 Å². The van der Waals surface area contributed by atoms with Crippen LogP contribution in [0.1, 0.15) is 48.8 Å². The highest BCUT2D eigenvalue weighted by Crippen LogP contribution is 2.18. The van der Waals surface area contributed by atoms with Crippen LogP contribution in [0.3, 0.4) is 0 Å². The third-order valence-electron chi connectivity index (χ3n) is 3.18. The van der Waals surface area contributed by atoms with Gasteiger partial charge in [0.15, 0.2) is 5.69 Å². The van der Waals surface area contributed by atoms with E-state index in [4.69, 9.17) is 5.73 Å². The van der Waals surface area contributed by atoms with Crippen molar-refractivity contribution >= 4 is 17.5 Å². The summed E-state index contributed by atoms with van der Waals surface area (Å²) in [6.45, 7) is 2.31. The van der Waals surface area contributed by atoms with Crippen LogP contribution in [0.5, 0.6) is 0 Å². The Morgan fingerprint density at radius 1 is 1.45 bits per heavy atom. The predicted molar refractivity (Wildman–Crippen MR) is 75.1 cm³/mol. The molecule has 110 valence electrons. The molecule has 0 unspecified atom stereocenters. The normalized spacial score (nSPS) is 14.1. The average Bonchev–Trinajstić information content (AvgIpc) is 3.14. The number of hydrogen-bond donors (Lipinski definition) is 4. The van der Waals surface area contributed by atoms with Crippen LogP contribution < -0.4 is 16.4 Å². The van der Waals surface area contributed by atoms with E-state index in [-0.39, 0.29) is 30.5 Å². The summed E-state index contributed by atoms with van der Waals surface area (Å²) in [6.07, 6.45) is 4.07. The molecule has 1 aromatic heterocycles. The van der Waals surface area contributed by atoms with Gasteiger partial charge < -0.3 is 16.4 Å². The second-order valence-corrected chi connectivity index (χ2v) is 5.06. The molecule has 0 aromatic carbocycles. The van der Waals surface area contributed by atoms with E-state index < -0.39 is 0 Å². The second kappa shape index (κ2) is 6.40. The van der Waals surface area contributed by atoms with Crippen molar-refractivity contribution < 1.29 is 9.59 Å². The minimum Gasteiger partial charge on any atom is -0.395 e. The first-order valence-electron chi connectivity index (χ1n) is 7.02. The van der Waals surface area contributed by atoms with Gasteiger partial charge in [-0.2, -0.15) is 5.10 Å². The number of H-pyrrole nitrogens is 1. The van der Waals surface area contributed by atoms with Crippen molar-refractivity contribution in [3.05, 3.63) is 11.4 Å². The van der Waals surface area contributed by atoms with Gasteiger partial charge in [-0.25, -0.2) is 0 Å². The molecular weight excluding hydrogens is 258 g/mol. The number of rotatable bonds is 7. The molecule has 0 aliphatic heterocycles. The number of aromatic amines is 1. The van der Waals surface area contributed by atoms with Gasteiger partial charge in [-0.15, -0.1) is 0 Å². The Hall–Kier alpha value is -2.05. The zero-order chi connectivity index (χ0) is 14.5. The van der Waals surface area contributed by atoms with Gasteiger partial charge in [-0.05, 0) is 19.3 Å². The lowest BCUT2D eigenvalue weighted by Crippen LogP contribution is -2.32. The summed E-state index contributed by atoms with van der Waals surface area (Å²) in [5.41, 5.74) is 7.24. The van der Waals surface area contributed by atoms with Gasteiger partial charge in [-0.1, -0.05) is 13.3 Å². The van der Waals surface area contributed by atoms with Gasteiger partial charge in [0.2, 0.25) is 5.91 Å². The Morgan fingerprint density at radius 2 is 2.20 bits per heavy atom. The Labute approximate surface area is 117 Å². The first-order valence-corrected chi connectivity index (χ1v) is 7.02. The number of nitrogens with two attached hydrogens (primary N) is 1. The summed E-state index contributed by atoms with van der Waals surface area (Å²) in [4.78, 5) is 23.4. The molecule has 1 heterocycles. The van der Waals surface area contributed by atoms with E-state index in [9.17, 15) is 9.59 Å². The maximum absolute atomic E-state index is 11.9. The molecule has 0 spiro atoms. The van der Waals surface area contributed by atoms with Crippen molar-refractivity contribution in [2.75, 3.05) is 12.3 Å². The van der Waals surface area contributed by atoms with Gasteiger partial charge in [0, 0.05) is 19.0 Å². The zero-order valence-corrected chi connectivity index (χ0v) is 11.7. The third kappa shape index (κ3) is 3.72. The third-order valence-corrected chi connectivity index (χ3v) is 3.18. The van der Waals surface area contributed by atoms with Crippen molar-refractivity contribution in [1.82, 2.24) is 20.8 Å². The summed E-state index contributed by atoms with van der Waals surface area (Å²) >= 11 is 0. The quantitative estimate of drug-likeness (QED) is 0.576. The highest BCUT2D eigenvalue weighted by atomic mass is 16.2. The van der Waals surface area contributed by atoms with E-state index in [0.29, 0.717) is 11.7 Å². The molecule has 5 N–H and O–H groups in total. The van der Waals surface area contributed by atoms with Gasteiger partial charge in [0.05, 0.1) is 11.4 Å². The minimum atomic E-state index is -0.347. The first kappa shape index (κ1) is 14.4. The van der Waals surface area contributed by atoms with Crippen molar-refractivity contribution in [1.29, 1.82) is 0 Å². The number of aromatic nitrogens is 2. The fourth-order valence-corrected chi connectivity index (χ4v) is 1.90. The molecule has 7 heteroatoms. The molecule has 1 fully saturated rings. The van der Waals surface area contributed by atoms with Crippen molar-refractivity contribution in [3.63, 3.8) is 0 Å². The van der Waals surface area contributed by atoms with Crippen molar-refractivity contribution in [3.8, 4) is 0 Å². The highest BCUT2D eigenvalue weighted by Gasteiger charge is 2.23. The average molecular weight is 279 g/mol. The fraction of sp³-hybridized carbons (Fsp3) is 0.615. The first-order chi connectivity index (χ1) is 9.61. The summed E-state index contributed by atoms with van der Waals surface area (Å²) in [5.74, 6) is -0.380. The number of carbonyl (C=O) groups is 2. The van der Waals surface area contributed by atoms with Gasteiger partial charge in [-0.3, -0.25) is 14.7 Å². The summed E-state index contributed by atoms with van der Waals surface area (Å²) in [5, 5.41) is 12.2. The number of nitrogens with one attached hydrogen (secondary N) is 3.